The molecule has 2 aromatic rings. The summed E-state index contributed by atoms with van der Waals surface area (Å²) in [5.74, 6) is -5.33. The number of aromatic hydroxyl groups is 1. The van der Waals surface area contributed by atoms with Crippen molar-refractivity contribution in [3.05, 3.63) is 75.6 Å². The molecule has 0 saturated carbocycles. The zero-order chi connectivity index (χ0) is 30.7. The van der Waals surface area contributed by atoms with Crippen LogP contribution in [0.5, 0.6) is 5.75 Å². The quantitative estimate of drug-likeness (QED) is 0.223. The molecular formula is C30H26F7NO4. The SMILES string of the molecule is CC1=C2[C@@H](CC/C(C)=C/c3ccc(O)c(F)c3)OC[C@@H]2[C@@H]2C(=O)N(c3cc(C(F)(F)F)cc(C(F)(F)F)c3)C(=O)[C@@H]2C1. The van der Waals surface area contributed by atoms with Crippen molar-refractivity contribution in [3.8, 4) is 5.75 Å². The monoisotopic (exact) mass is 597 g/mol. The van der Waals surface area contributed by atoms with Gasteiger partial charge in [0.2, 0.25) is 11.8 Å². The Morgan fingerprint density at radius 1 is 1.00 bits per heavy atom. The molecule has 2 amide bonds. The van der Waals surface area contributed by atoms with E-state index in [1.165, 1.54) is 12.1 Å². The second-order valence-corrected chi connectivity index (χ2v) is 11.0. The van der Waals surface area contributed by atoms with Gasteiger partial charge in [-0.1, -0.05) is 23.3 Å². The predicted octanol–water partition coefficient (Wildman–Crippen LogP) is 7.29. The van der Waals surface area contributed by atoms with Crippen LogP contribution in [0.15, 0.2) is 53.1 Å². The first-order valence-corrected chi connectivity index (χ1v) is 13.2. The third-order valence-corrected chi connectivity index (χ3v) is 8.17. The molecule has 2 saturated heterocycles. The van der Waals surface area contributed by atoms with Gasteiger partial charge in [-0.3, -0.25) is 9.59 Å². The molecule has 2 fully saturated rings. The highest BCUT2D eigenvalue weighted by Crippen LogP contribution is 2.51. The second-order valence-electron chi connectivity index (χ2n) is 11.0. The maximum absolute atomic E-state index is 13.7. The first kappa shape index (κ1) is 29.8. The molecule has 5 rings (SSSR count). The molecule has 2 heterocycles. The summed E-state index contributed by atoms with van der Waals surface area (Å²) in [4.78, 5) is 27.4. The van der Waals surface area contributed by atoms with E-state index in [9.17, 15) is 45.4 Å². The Labute approximate surface area is 236 Å². The molecule has 2 aromatic carbocycles. The molecule has 0 unspecified atom stereocenters. The molecular weight excluding hydrogens is 571 g/mol. The Morgan fingerprint density at radius 2 is 1.64 bits per heavy atom. The van der Waals surface area contributed by atoms with Crippen molar-refractivity contribution in [2.75, 3.05) is 11.5 Å². The number of phenolic OH excluding ortho intramolecular Hbond substituents is 1. The normalized spacial score (nSPS) is 24.9. The summed E-state index contributed by atoms with van der Waals surface area (Å²) in [6.07, 6.45) is -7.74. The Morgan fingerprint density at radius 3 is 2.24 bits per heavy atom. The van der Waals surface area contributed by atoms with Crippen molar-refractivity contribution >= 4 is 23.6 Å². The van der Waals surface area contributed by atoms with Crippen molar-refractivity contribution in [2.24, 2.45) is 17.8 Å². The molecule has 3 aliphatic rings. The van der Waals surface area contributed by atoms with Crippen LogP contribution in [0.1, 0.15) is 49.8 Å². The molecule has 42 heavy (non-hydrogen) atoms. The number of fused-ring (bicyclic) bond motifs is 3. The number of carbonyl (C=O) groups is 2. The average Bonchev–Trinajstić information content (AvgIpc) is 3.42. The number of halogens is 7. The second kappa shape index (κ2) is 10.6. The minimum absolute atomic E-state index is 0.0462. The highest BCUT2D eigenvalue weighted by molar-refractivity contribution is 6.22. The van der Waals surface area contributed by atoms with Crippen LogP contribution in [-0.4, -0.2) is 29.6 Å². The van der Waals surface area contributed by atoms with Gasteiger partial charge in [0.15, 0.2) is 11.6 Å². The Kier molecular flexibility index (Phi) is 7.49. The summed E-state index contributed by atoms with van der Waals surface area (Å²) in [5, 5.41) is 9.37. The predicted molar refractivity (Wildman–Crippen MR) is 137 cm³/mol. The number of amides is 2. The van der Waals surface area contributed by atoms with Crippen molar-refractivity contribution in [2.45, 2.75) is 51.6 Å². The molecule has 2 aliphatic heterocycles. The van der Waals surface area contributed by atoms with Crippen LogP contribution in [0.2, 0.25) is 0 Å². The fraction of sp³-hybridized carbons (Fsp3) is 0.400. The van der Waals surface area contributed by atoms with E-state index in [4.69, 9.17) is 4.74 Å². The van der Waals surface area contributed by atoms with E-state index in [2.05, 4.69) is 0 Å². The topological polar surface area (TPSA) is 66.8 Å². The van der Waals surface area contributed by atoms with Gasteiger partial charge in [-0.25, -0.2) is 9.29 Å². The maximum atomic E-state index is 13.7. The Bertz CT molecular complexity index is 1480. The highest BCUT2D eigenvalue weighted by atomic mass is 19.4. The van der Waals surface area contributed by atoms with E-state index < -0.39 is 76.4 Å². The molecule has 1 N–H and O–H groups in total. The van der Waals surface area contributed by atoms with E-state index in [1.54, 1.807) is 19.1 Å². The number of nitrogens with zero attached hydrogens (tertiary/aromatic N) is 1. The molecule has 0 aromatic heterocycles. The van der Waals surface area contributed by atoms with Gasteiger partial charge in [0.25, 0.3) is 0 Å². The summed E-state index contributed by atoms with van der Waals surface area (Å²) < 4.78 is 100. The van der Waals surface area contributed by atoms with Crippen molar-refractivity contribution in [1.82, 2.24) is 0 Å². The summed E-state index contributed by atoms with van der Waals surface area (Å²) in [6.45, 7) is 3.71. The third-order valence-electron chi connectivity index (χ3n) is 8.17. The van der Waals surface area contributed by atoms with Crippen molar-refractivity contribution in [1.29, 1.82) is 0 Å². The van der Waals surface area contributed by atoms with Crippen molar-refractivity contribution in [3.63, 3.8) is 0 Å². The smallest absolute Gasteiger partial charge is 0.416 e. The lowest BCUT2D eigenvalue weighted by Crippen LogP contribution is -2.34. The van der Waals surface area contributed by atoms with Gasteiger partial charge in [-0.2, -0.15) is 26.3 Å². The van der Waals surface area contributed by atoms with E-state index in [0.717, 1.165) is 16.7 Å². The van der Waals surface area contributed by atoms with Crippen molar-refractivity contribution < 1.29 is 50.2 Å². The number of hydrogen-bond acceptors (Lipinski definition) is 4. The van der Waals surface area contributed by atoms with Gasteiger partial charge < -0.3 is 9.84 Å². The van der Waals surface area contributed by atoms with Gasteiger partial charge in [0.1, 0.15) is 0 Å². The molecule has 12 heteroatoms. The van der Waals surface area contributed by atoms with E-state index in [0.29, 0.717) is 35.4 Å². The van der Waals surface area contributed by atoms with Crippen LogP contribution in [-0.2, 0) is 26.7 Å². The zero-order valence-corrected chi connectivity index (χ0v) is 22.4. The Balaban J connectivity index is 1.38. The number of hydrogen-bond donors (Lipinski definition) is 1. The molecule has 5 nitrogen and oxygen atoms in total. The zero-order valence-electron chi connectivity index (χ0n) is 22.4. The number of rotatable bonds is 5. The van der Waals surface area contributed by atoms with Crippen LogP contribution in [0.25, 0.3) is 6.08 Å². The van der Waals surface area contributed by atoms with Crippen LogP contribution >= 0.6 is 0 Å². The van der Waals surface area contributed by atoms with E-state index in [1.807, 2.05) is 6.92 Å². The van der Waals surface area contributed by atoms with Gasteiger partial charge in [-0.05, 0) is 74.6 Å². The fourth-order valence-electron chi connectivity index (χ4n) is 6.28. The van der Waals surface area contributed by atoms with E-state index >= 15 is 0 Å². The number of anilines is 1. The van der Waals surface area contributed by atoms with Crippen LogP contribution < -0.4 is 4.90 Å². The lowest BCUT2D eigenvalue weighted by Gasteiger charge is -2.30. The number of ether oxygens (including phenoxy) is 1. The number of imide groups is 1. The molecule has 0 spiro atoms. The number of phenols is 1. The van der Waals surface area contributed by atoms with E-state index in [-0.39, 0.29) is 19.1 Å². The lowest BCUT2D eigenvalue weighted by atomic mass is 9.70. The number of alkyl halides is 6. The summed E-state index contributed by atoms with van der Waals surface area (Å²) in [7, 11) is 0. The standard InChI is InChI=1S/C30H26F7NO4/c1-14(7-16-4-5-23(39)22(31)9-16)3-6-24-25-15(2)8-20-26(21(25)13-42-24)28(41)38(27(20)40)19-11-17(29(32,33)34)10-18(12-19)30(35,36)37/h4-5,7,9-12,20-21,24,26,39H,3,6,8,13H2,1-2H3/b14-7+/t20-,21+,24-,26-/m1/s1. The third kappa shape index (κ3) is 5.44. The molecule has 1 aliphatic carbocycles. The minimum Gasteiger partial charge on any atom is -0.505 e. The maximum Gasteiger partial charge on any atom is 0.416 e. The fourth-order valence-corrected chi connectivity index (χ4v) is 6.28. The first-order valence-electron chi connectivity index (χ1n) is 13.2. The molecule has 4 atom stereocenters. The summed E-state index contributed by atoms with van der Waals surface area (Å²) in [5.41, 5.74) is -0.912. The number of benzene rings is 2. The summed E-state index contributed by atoms with van der Waals surface area (Å²) >= 11 is 0. The summed E-state index contributed by atoms with van der Waals surface area (Å²) in [6, 6.07) is 4.76. The van der Waals surface area contributed by atoms with Gasteiger partial charge >= 0.3 is 12.4 Å². The number of allylic oxidation sites excluding steroid dienone is 2. The largest absolute Gasteiger partial charge is 0.505 e. The Hall–Kier alpha value is -3.67. The van der Waals surface area contributed by atoms with Gasteiger partial charge in [-0.15, -0.1) is 0 Å². The van der Waals surface area contributed by atoms with Crippen LogP contribution in [0, 0.1) is 23.6 Å². The van der Waals surface area contributed by atoms with Crippen LogP contribution in [0.4, 0.5) is 36.4 Å². The van der Waals surface area contributed by atoms with Crippen LogP contribution in [0.3, 0.4) is 0 Å². The molecule has 224 valence electrons. The first-order chi connectivity index (χ1) is 19.6. The average molecular weight is 598 g/mol. The number of carbonyl (C=O) groups excluding carboxylic acids is 2. The molecule has 0 radical (unpaired) electrons. The lowest BCUT2D eigenvalue weighted by molar-refractivity contribution is -0.143. The minimum atomic E-state index is -5.13. The highest BCUT2D eigenvalue weighted by Gasteiger charge is 2.57. The molecule has 0 bridgehead atoms. The van der Waals surface area contributed by atoms with Gasteiger partial charge in [0, 0.05) is 5.92 Å². The van der Waals surface area contributed by atoms with Gasteiger partial charge in [0.05, 0.1) is 41.4 Å².